The zero-order valence-electron chi connectivity index (χ0n) is 24.0. The van der Waals surface area contributed by atoms with Crippen molar-refractivity contribution in [1.82, 2.24) is 30.7 Å². The van der Waals surface area contributed by atoms with Crippen molar-refractivity contribution in [2.75, 3.05) is 29.4 Å². The highest BCUT2D eigenvalue weighted by molar-refractivity contribution is 6.31. The summed E-state index contributed by atoms with van der Waals surface area (Å²) in [6.07, 6.45) is 0. The smallest absolute Gasteiger partial charge is 0.195 e. The lowest BCUT2D eigenvalue weighted by molar-refractivity contribution is 0.367. The molecule has 1 saturated heterocycles. The molecule has 6 rings (SSSR count). The number of benzene rings is 3. The Kier molecular flexibility index (Phi) is 8.29. The van der Waals surface area contributed by atoms with Crippen LogP contribution in [0.2, 0.25) is 10.0 Å². The lowest BCUT2D eigenvalue weighted by atomic mass is 10.0. The van der Waals surface area contributed by atoms with Crippen LogP contribution in [0.3, 0.4) is 0 Å². The van der Waals surface area contributed by atoms with Crippen LogP contribution in [0.4, 0.5) is 11.6 Å². The summed E-state index contributed by atoms with van der Waals surface area (Å²) in [5.74, 6) is 2.55. The van der Waals surface area contributed by atoms with Crippen molar-refractivity contribution in [3.8, 4) is 11.4 Å². The second kappa shape index (κ2) is 12.3. The number of piperazine rings is 1. The monoisotopic (exact) mass is 600 g/mol. The number of H-pyrrole nitrogens is 1. The summed E-state index contributed by atoms with van der Waals surface area (Å²) in [6.45, 7) is 10.0. The van der Waals surface area contributed by atoms with Crippen molar-refractivity contribution in [2.45, 2.75) is 39.9 Å². The number of anilines is 2. The summed E-state index contributed by atoms with van der Waals surface area (Å²) in [5.41, 5.74) is 4.79. The number of fused-ring (bicyclic) bond motifs is 1. The van der Waals surface area contributed by atoms with E-state index >= 15 is 0 Å². The number of aromatic amines is 1. The number of hydrogen-bond donors (Lipinski definition) is 2. The van der Waals surface area contributed by atoms with Gasteiger partial charge in [0.25, 0.3) is 0 Å². The first-order valence-electron chi connectivity index (χ1n) is 14.3. The molecular weight excluding hydrogens is 567 g/mol. The fraction of sp³-hybridized carbons (Fsp3) is 0.312. The van der Waals surface area contributed by atoms with Gasteiger partial charge >= 0.3 is 0 Å². The highest BCUT2D eigenvalue weighted by Crippen LogP contribution is 2.33. The summed E-state index contributed by atoms with van der Waals surface area (Å²) in [6, 6.07) is 22.2. The third-order valence-electron chi connectivity index (χ3n) is 7.90. The molecule has 2 N–H and O–H groups in total. The highest BCUT2D eigenvalue weighted by atomic mass is 35.5. The number of nitrogens with one attached hydrogen (secondary N) is 2. The third-order valence-corrected chi connectivity index (χ3v) is 8.64. The number of aromatic nitrogens is 5. The van der Waals surface area contributed by atoms with Gasteiger partial charge in [0.1, 0.15) is 0 Å². The molecule has 2 aromatic heterocycles. The molecule has 5 aromatic rings. The van der Waals surface area contributed by atoms with Crippen molar-refractivity contribution in [1.29, 1.82) is 0 Å². The lowest BCUT2D eigenvalue weighted by Crippen LogP contribution is -2.53. The second-order valence-corrected chi connectivity index (χ2v) is 12.0. The SMILES string of the molecule is Cc1[nH]nc2ccc(-c3nnc(N(Cc4ccccc4Cl)Cc4ccccc4Cl)c(N4CCN[C@@H](C(C)C)C4)n3)cc12. The van der Waals surface area contributed by atoms with Gasteiger partial charge in [-0.25, -0.2) is 4.98 Å². The Morgan fingerprint density at radius 3 is 2.31 bits per heavy atom. The lowest BCUT2D eigenvalue weighted by Gasteiger charge is -2.38. The molecule has 3 heterocycles. The summed E-state index contributed by atoms with van der Waals surface area (Å²) >= 11 is 13.3. The fourth-order valence-electron chi connectivity index (χ4n) is 5.42. The molecule has 10 heteroatoms. The second-order valence-electron chi connectivity index (χ2n) is 11.2. The van der Waals surface area contributed by atoms with E-state index in [4.69, 9.17) is 33.3 Å². The van der Waals surface area contributed by atoms with Gasteiger partial charge in [0, 0.05) is 65.5 Å². The molecule has 0 radical (unpaired) electrons. The van der Waals surface area contributed by atoms with Gasteiger partial charge in [-0.2, -0.15) is 5.10 Å². The molecule has 42 heavy (non-hydrogen) atoms. The summed E-state index contributed by atoms with van der Waals surface area (Å²) in [7, 11) is 0. The summed E-state index contributed by atoms with van der Waals surface area (Å²) in [5, 5.41) is 23.1. The van der Waals surface area contributed by atoms with E-state index in [1.165, 1.54) is 0 Å². The van der Waals surface area contributed by atoms with E-state index in [1.807, 2.05) is 67.6 Å². The van der Waals surface area contributed by atoms with Gasteiger partial charge in [-0.05, 0) is 54.3 Å². The zero-order chi connectivity index (χ0) is 29.2. The summed E-state index contributed by atoms with van der Waals surface area (Å²) in [4.78, 5) is 9.73. The molecule has 1 aliphatic rings. The van der Waals surface area contributed by atoms with E-state index in [1.54, 1.807) is 0 Å². The van der Waals surface area contributed by atoms with Crippen LogP contribution >= 0.6 is 23.2 Å². The van der Waals surface area contributed by atoms with Crippen molar-refractivity contribution >= 4 is 45.7 Å². The molecular formula is C32H34Cl2N8. The van der Waals surface area contributed by atoms with E-state index in [0.29, 0.717) is 46.7 Å². The molecule has 0 spiro atoms. The molecule has 1 atom stereocenters. The Morgan fingerprint density at radius 2 is 1.64 bits per heavy atom. The quantitative estimate of drug-likeness (QED) is 0.206. The highest BCUT2D eigenvalue weighted by Gasteiger charge is 2.28. The Morgan fingerprint density at radius 1 is 0.952 bits per heavy atom. The number of hydrogen-bond acceptors (Lipinski definition) is 7. The van der Waals surface area contributed by atoms with Gasteiger partial charge in [0.15, 0.2) is 17.5 Å². The zero-order valence-corrected chi connectivity index (χ0v) is 25.5. The van der Waals surface area contributed by atoms with Crippen LogP contribution in [0.25, 0.3) is 22.3 Å². The number of rotatable bonds is 8. The molecule has 216 valence electrons. The van der Waals surface area contributed by atoms with Gasteiger partial charge in [0.05, 0.1) is 5.52 Å². The van der Waals surface area contributed by atoms with Crippen LogP contribution in [0.5, 0.6) is 0 Å². The Hall–Kier alpha value is -3.72. The van der Waals surface area contributed by atoms with E-state index in [0.717, 1.165) is 58.7 Å². The van der Waals surface area contributed by atoms with Crippen LogP contribution in [0, 0.1) is 12.8 Å². The van der Waals surface area contributed by atoms with E-state index in [9.17, 15) is 0 Å². The molecule has 1 fully saturated rings. The standard InChI is InChI=1S/C32H34Cl2N8/c1-20(2)29-19-41(15-14-35-29)31-32(40-39-30(36-31)22-12-13-28-25(16-22)21(3)37-38-28)42(17-23-8-4-6-10-26(23)33)18-24-9-5-7-11-27(24)34/h4-13,16,20,29,35H,14-15,17-19H2,1-3H3,(H,37,38)/t29-/m1/s1. The van der Waals surface area contributed by atoms with Crippen molar-refractivity contribution in [3.05, 3.63) is 93.6 Å². The van der Waals surface area contributed by atoms with Crippen LogP contribution < -0.4 is 15.1 Å². The maximum atomic E-state index is 6.66. The van der Waals surface area contributed by atoms with Crippen LogP contribution in [0.1, 0.15) is 30.7 Å². The molecule has 3 aromatic carbocycles. The minimum Gasteiger partial charge on any atom is -0.351 e. The van der Waals surface area contributed by atoms with Crippen LogP contribution in [-0.2, 0) is 13.1 Å². The van der Waals surface area contributed by atoms with Crippen molar-refractivity contribution in [2.24, 2.45) is 5.92 Å². The van der Waals surface area contributed by atoms with Crippen LogP contribution in [0.15, 0.2) is 66.7 Å². The summed E-state index contributed by atoms with van der Waals surface area (Å²) < 4.78 is 0. The molecule has 0 bridgehead atoms. The number of halogens is 2. The van der Waals surface area contributed by atoms with Crippen LogP contribution in [-0.4, -0.2) is 51.1 Å². The van der Waals surface area contributed by atoms with Gasteiger partial charge in [-0.15, -0.1) is 10.2 Å². The minimum atomic E-state index is 0.329. The van der Waals surface area contributed by atoms with Gasteiger partial charge in [0.2, 0.25) is 0 Å². The first-order chi connectivity index (χ1) is 20.4. The fourth-order valence-corrected chi connectivity index (χ4v) is 5.81. The molecule has 0 saturated carbocycles. The third kappa shape index (κ3) is 5.93. The maximum absolute atomic E-state index is 6.66. The first-order valence-corrected chi connectivity index (χ1v) is 15.0. The van der Waals surface area contributed by atoms with E-state index in [-0.39, 0.29) is 0 Å². The van der Waals surface area contributed by atoms with Gasteiger partial charge < -0.3 is 15.1 Å². The van der Waals surface area contributed by atoms with Gasteiger partial charge in [-0.1, -0.05) is 73.4 Å². The predicted molar refractivity (Wildman–Crippen MR) is 171 cm³/mol. The Bertz CT molecular complexity index is 1650. The van der Waals surface area contributed by atoms with Crippen molar-refractivity contribution < 1.29 is 0 Å². The maximum Gasteiger partial charge on any atom is 0.195 e. The number of aryl methyl sites for hydroxylation is 1. The molecule has 0 aliphatic carbocycles. The number of nitrogens with zero attached hydrogens (tertiary/aromatic N) is 6. The average molecular weight is 602 g/mol. The molecule has 8 nitrogen and oxygen atoms in total. The van der Waals surface area contributed by atoms with Gasteiger partial charge in [-0.3, -0.25) is 5.10 Å². The van der Waals surface area contributed by atoms with E-state index < -0.39 is 0 Å². The molecule has 1 aliphatic heterocycles. The minimum absolute atomic E-state index is 0.329. The van der Waals surface area contributed by atoms with E-state index in [2.05, 4.69) is 50.3 Å². The predicted octanol–water partition coefficient (Wildman–Crippen LogP) is 6.67. The Labute approximate surface area is 256 Å². The molecule has 0 unspecified atom stereocenters. The largest absolute Gasteiger partial charge is 0.351 e. The molecule has 0 amide bonds. The Balaban J connectivity index is 1.48. The first kappa shape index (κ1) is 28.4. The normalized spacial score (nSPS) is 15.5. The van der Waals surface area contributed by atoms with Crippen molar-refractivity contribution in [3.63, 3.8) is 0 Å². The average Bonchev–Trinajstić information content (AvgIpc) is 3.38. The topological polar surface area (TPSA) is 85.9 Å².